The maximum atomic E-state index is 12.1. The SMILES string of the molecule is C/C(=N\NS(=O)(=O)c1ccccc1)c1ccc(-n2cncn2)cc1. The van der Waals surface area contributed by atoms with E-state index >= 15 is 0 Å². The van der Waals surface area contributed by atoms with Crippen LogP contribution in [-0.4, -0.2) is 28.9 Å². The molecule has 0 atom stereocenters. The van der Waals surface area contributed by atoms with Gasteiger partial charge in [0.2, 0.25) is 0 Å². The number of benzene rings is 2. The quantitative estimate of drug-likeness (QED) is 0.567. The average Bonchev–Trinajstić information content (AvgIpc) is 3.15. The van der Waals surface area contributed by atoms with Crippen LogP contribution in [0, 0.1) is 0 Å². The third-order valence-corrected chi connectivity index (χ3v) is 4.58. The van der Waals surface area contributed by atoms with Gasteiger partial charge in [-0.3, -0.25) is 0 Å². The third kappa shape index (κ3) is 3.49. The highest BCUT2D eigenvalue weighted by Crippen LogP contribution is 2.10. The summed E-state index contributed by atoms with van der Waals surface area (Å²) in [5.41, 5.74) is 2.21. The van der Waals surface area contributed by atoms with Gasteiger partial charge in [0.15, 0.2) is 0 Å². The molecular formula is C16H15N5O2S. The van der Waals surface area contributed by atoms with E-state index in [1.807, 2.05) is 24.3 Å². The maximum absolute atomic E-state index is 12.1. The highest BCUT2D eigenvalue weighted by molar-refractivity contribution is 7.89. The minimum absolute atomic E-state index is 0.170. The Labute approximate surface area is 139 Å². The first-order valence-electron chi connectivity index (χ1n) is 7.13. The van der Waals surface area contributed by atoms with Crippen molar-refractivity contribution in [2.24, 2.45) is 5.10 Å². The van der Waals surface area contributed by atoms with Gasteiger partial charge in [0, 0.05) is 0 Å². The first kappa shape index (κ1) is 15.9. The van der Waals surface area contributed by atoms with E-state index in [0.717, 1.165) is 11.3 Å². The van der Waals surface area contributed by atoms with E-state index in [0.29, 0.717) is 5.71 Å². The summed E-state index contributed by atoms with van der Waals surface area (Å²) in [5, 5.41) is 8.03. The van der Waals surface area contributed by atoms with Gasteiger partial charge in [-0.1, -0.05) is 30.3 Å². The minimum Gasteiger partial charge on any atom is -0.223 e. The molecule has 0 amide bonds. The van der Waals surface area contributed by atoms with Gasteiger partial charge >= 0.3 is 0 Å². The zero-order valence-corrected chi connectivity index (χ0v) is 13.7. The van der Waals surface area contributed by atoms with Crippen LogP contribution in [0.15, 0.2) is 77.2 Å². The largest absolute Gasteiger partial charge is 0.276 e. The van der Waals surface area contributed by atoms with E-state index in [2.05, 4.69) is 20.0 Å². The molecule has 122 valence electrons. The van der Waals surface area contributed by atoms with Gasteiger partial charge in [-0.05, 0) is 36.8 Å². The summed E-state index contributed by atoms with van der Waals surface area (Å²) < 4.78 is 25.9. The Morgan fingerprint density at radius 3 is 2.42 bits per heavy atom. The topological polar surface area (TPSA) is 89.2 Å². The molecule has 7 nitrogen and oxygen atoms in total. The summed E-state index contributed by atoms with van der Waals surface area (Å²) in [6.45, 7) is 1.73. The van der Waals surface area contributed by atoms with Crippen molar-refractivity contribution in [3.8, 4) is 5.69 Å². The van der Waals surface area contributed by atoms with Gasteiger partial charge in [0.1, 0.15) is 12.7 Å². The van der Waals surface area contributed by atoms with E-state index in [4.69, 9.17) is 0 Å². The maximum Gasteiger partial charge on any atom is 0.276 e. The zero-order valence-electron chi connectivity index (χ0n) is 12.9. The van der Waals surface area contributed by atoms with Crippen molar-refractivity contribution in [2.45, 2.75) is 11.8 Å². The zero-order chi connectivity index (χ0) is 17.0. The number of aromatic nitrogens is 3. The smallest absolute Gasteiger partial charge is 0.223 e. The number of hydrazone groups is 1. The Hall–Kier alpha value is -3.00. The number of hydrogen-bond donors (Lipinski definition) is 1. The molecule has 0 unspecified atom stereocenters. The molecule has 0 saturated heterocycles. The van der Waals surface area contributed by atoms with E-state index in [9.17, 15) is 8.42 Å². The second-order valence-corrected chi connectivity index (χ2v) is 6.65. The van der Waals surface area contributed by atoms with Crippen LogP contribution in [0.25, 0.3) is 5.69 Å². The first-order valence-corrected chi connectivity index (χ1v) is 8.61. The summed E-state index contributed by atoms with van der Waals surface area (Å²) >= 11 is 0. The van der Waals surface area contributed by atoms with Crippen molar-refractivity contribution in [2.75, 3.05) is 0 Å². The molecule has 24 heavy (non-hydrogen) atoms. The first-order chi connectivity index (χ1) is 11.6. The summed E-state index contributed by atoms with van der Waals surface area (Å²) in [6.07, 6.45) is 3.06. The Morgan fingerprint density at radius 2 is 1.79 bits per heavy atom. The van der Waals surface area contributed by atoms with Crippen molar-refractivity contribution in [3.05, 3.63) is 72.8 Å². The second kappa shape index (κ2) is 6.63. The molecule has 3 rings (SSSR count). The van der Waals surface area contributed by atoms with Crippen molar-refractivity contribution in [1.82, 2.24) is 19.6 Å². The normalized spacial score (nSPS) is 12.1. The van der Waals surface area contributed by atoms with Crippen LogP contribution >= 0.6 is 0 Å². The average molecular weight is 341 g/mol. The lowest BCUT2D eigenvalue weighted by molar-refractivity contribution is 0.584. The molecule has 2 aromatic carbocycles. The Balaban J connectivity index is 1.76. The molecular weight excluding hydrogens is 326 g/mol. The van der Waals surface area contributed by atoms with Gasteiger partial charge in [-0.25, -0.2) is 9.67 Å². The number of sulfonamides is 1. The number of rotatable bonds is 5. The summed E-state index contributed by atoms with van der Waals surface area (Å²) in [7, 11) is -3.67. The van der Waals surface area contributed by atoms with Gasteiger partial charge in [0.25, 0.3) is 10.0 Å². The Morgan fingerprint density at radius 1 is 1.08 bits per heavy atom. The molecule has 1 aromatic heterocycles. The van der Waals surface area contributed by atoms with Crippen LogP contribution < -0.4 is 4.83 Å². The van der Waals surface area contributed by atoms with E-state index in [1.165, 1.54) is 18.5 Å². The highest BCUT2D eigenvalue weighted by Gasteiger charge is 2.12. The van der Waals surface area contributed by atoms with Gasteiger partial charge in [0.05, 0.1) is 16.3 Å². The lowest BCUT2D eigenvalue weighted by atomic mass is 10.1. The molecule has 0 bridgehead atoms. The van der Waals surface area contributed by atoms with Crippen molar-refractivity contribution < 1.29 is 8.42 Å². The summed E-state index contributed by atoms with van der Waals surface area (Å²) in [4.78, 5) is 6.31. The molecule has 0 aliphatic rings. The number of nitrogens with one attached hydrogen (secondary N) is 1. The fraction of sp³-hybridized carbons (Fsp3) is 0.0625. The van der Waals surface area contributed by atoms with Crippen molar-refractivity contribution >= 4 is 15.7 Å². The molecule has 3 aromatic rings. The predicted octanol–water partition coefficient (Wildman–Crippen LogP) is 1.97. The van der Waals surface area contributed by atoms with Crippen LogP contribution in [0.5, 0.6) is 0 Å². The standard InChI is InChI=1S/C16H15N5O2S/c1-13(19-20-24(22,23)16-5-3-2-4-6-16)14-7-9-15(10-8-14)21-12-17-11-18-21/h2-12,20H,1H3/b19-13+. The van der Waals surface area contributed by atoms with E-state index in [1.54, 1.807) is 36.1 Å². The molecule has 0 spiro atoms. The molecule has 0 saturated carbocycles. The molecule has 0 fully saturated rings. The summed E-state index contributed by atoms with van der Waals surface area (Å²) in [6, 6.07) is 15.5. The lowest BCUT2D eigenvalue weighted by Gasteiger charge is -2.06. The number of hydrogen-bond acceptors (Lipinski definition) is 5. The van der Waals surface area contributed by atoms with Crippen LogP contribution in [0.3, 0.4) is 0 Å². The number of nitrogens with zero attached hydrogens (tertiary/aromatic N) is 4. The van der Waals surface area contributed by atoms with E-state index in [-0.39, 0.29) is 4.90 Å². The monoisotopic (exact) mass is 341 g/mol. The molecule has 0 aliphatic carbocycles. The van der Waals surface area contributed by atoms with Crippen LogP contribution in [0.4, 0.5) is 0 Å². The Bertz CT molecular complexity index is 934. The molecule has 1 N–H and O–H groups in total. The van der Waals surface area contributed by atoms with Crippen molar-refractivity contribution in [1.29, 1.82) is 0 Å². The lowest BCUT2D eigenvalue weighted by Crippen LogP contribution is -2.19. The van der Waals surface area contributed by atoms with Gasteiger partial charge in [-0.2, -0.15) is 23.4 Å². The molecule has 8 heteroatoms. The van der Waals surface area contributed by atoms with Crippen LogP contribution in [0.1, 0.15) is 12.5 Å². The second-order valence-electron chi connectivity index (χ2n) is 4.99. The predicted molar refractivity (Wildman–Crippen MR) is 90.3 cm³/mol. The minimum atomic E-state index is -3.67. The fourth-order valence-corrected chi connectivity index (χ4v) is 2.92. The molecule has 0 radical (unpaired) electrons. The van der Waals surface area contributed by atoms with Crippen LogP contribution in [0.2, 0.25) is 0 Å². The van der Waals surface area contributed by atoms with Crippen molar-refractivity contribution in [3.63, 3.8) is 0 Å². The fourth-order valence-electron chi connectivity index (χ4n) is 2.04. The van der Waals surface area contributed by atoms with Crippen LogP contribution in [-0.2, 0) is 10.0 Å². The highest BCUT2D eigenvalue weighted by atomic mass is 32.2. The van der Waals surface area contributed by atoms with E-state index < -0.39 is 10.0 Å². The molecule has 0 aliphatic heterocycles. The summed E-state index contributed by atoms with van der Waals surface area (Å²) in [5.74, 6) is 0. The third-order valence-electron chi connectivity index (χ3n) is 3.36. The molecule has 1 heterocycles. The van der Waals surface area contributed by atoms with Gasteiger partial charge in [-0.15, -0.1) is 0 Å². The van der Waals surface area contributed by atoms with Gasteiger partial charge < -0.3 is 0 Å². The Kier molecular flexibility index (Phi) is 4.39.